The normalized spacial score (nSPS) is 17.3. The number of anilines is 1. The van der Waals surface area contributed by atoms with Crippen molar-refractivity contribution in [2.24, 2.45) is 0 Å². The molecule has 1 aliphatic carbocycles. The minimum atomic E-state index is 0.699. The molecule has 1 fully saturated rings. The molecule has 1 aromatic rings. The molecule has 0 aromatic heterocycles. The van der Waals surface area contributed by atoms with Gasteiger partial charge in [0.2, 0.25) is 0 Å². The van der Waals surface area contributed by atoms with Gasteiger partial charge in [-0.25, -0.2) is 0 Å². The van der Waals surface area contributed by atoms with Crippen LogP contribution in [0.1, 0.15) is 31.2 Å². The summed E-state index contributed by atoms with van der Waals surface area (Å²) in [6.45, 7) is 2.11. The smallest absolute Gasteiger partial charge is 0.0353 e. The highest BCUT2D eigenvalue weighted by Gasteiger charge is 2.14. The van der Waals surface area contributed by atoms with Crippen LogP contribution >= 0.6 is 15.9 Å². The van der Waals surface area contributed by atoms with Gasteiger partial charge in [0.15, 0.2) is 0 Å². The molecule has 1 saturated carbocycles. The molecule has 0 spiro atoms. The minimum absolute atomic E-state index is 0.699. The van der Waals surface area contributed by atoms with E-state index in [0.717, 1.165) is 0 Å². The van der Waals surface area contributed by atoms with Crippen molar-refractivity contribution in [2.75, 3.05) is 5.32 Å². The van der Waals surface area contributed by atoms with Crippen molar-refractivity contribution in [3.05, 3.63) is 28.2 Å². The molecular formula is C12H16BrN. The molecule has 1 aliphatic rings. The topological polar surface area (TPSA) is 12.0 Å². The zero-order valence-electron chi connectivity index (χ0n) is 8.52. The van der Waals surface area contributed by atoms with Crippen LogP contribution in [-0.4, -0.2) is 6.04 Å². The van der Waals surface area contributed by atoms with Crippen molar-refractivity contribution in [2.45, 2.75) is 38.6 Å². The second-order valence-corrected chi connectivity index (χ2v) is 4.94. The number of halogens is 1. The molecule has 0 saturated heterocycles. The van der Waals surface area contributed by atoms with E-state index in [1.165, 1.54) is 41.4 Å². The van der Waals surface area contributed by atoms with E-state index in [4.69, 9.17) is 0 Å². The Bertz CT molecular complexity index is 316. The molecule has 0 aliphatic heterocycles. The number of nitrogens with one attached hydrogen (secondary N) is 1. The summed E-state index contributed by atoms with van der Waals surface area (Å²) < 4.78 is 1.19. The molecule has 0 heterocycles. The van der Waals surface area contributed by atoms with E-state index >= 15 is 0 Å². The van der Waals surface area contributed by atoms with Gasteiger partial charge in [-0.1, -0.05) is 34.8 Å². The fraction of sp³-hybridized carbons (Fsp3) is 0.500. The van der Waals surface area contributed by atoms with Gasteiger partial charge in [0.25, 0.3) is 0 Å². The third-order valence-corrected chi connectivity index (χ3v) is 3.75. The van der Waals surface area contributed by atoms with E-state index in [1.54, 1.807) is 0 Å². The maximum Gasteiger partial charge on any atom is 0.0353 e. The van der Waals surface area contributed by atoms with Crippen LogP contribution < -0.4 is 5.32 Å². The maximum atomic E-state index is 3.58. The lowest BCUT2D eigenvalue weighted by Gasteiger charge is -2.14. The first-order valence-corrected chi connectivity index (χ1v) is 6.08. The maximum absolute atomic E-state index is 3.58. The van der Waals surface area contributed by atoms with Crippen molar-refractivity contribution in [3.63, 3.8) is 0 Å². The average molecular weight is 254 g/mol. The first kappa shape index (κ1) is 10.0. The molecule has 1 aromatic carbocycles. The molecule has 0 amide bonds. The molecule has 2 heteroatoms. The van der Waals surface area contributed by atoms with Crippen LogP contribution in [0.2, 0.25) is 0 Å². The van der Waals surface area contributed by atoms with Crippen molar-refractivity contribution in [1.82, 2.24) is 0 Å². The molecule has 1 nitrogen and oxygen atoms in total. The Morgan fingerprint density at radius 2 is 2.00 bits per heavy atom. The van der Waals surface area contributed by atoms with E-state index < -0.39 is 0 Å². The number of benzene rings is 1. The van der Waals surface area contributed by atoms with Gasteiger partial charge < -0.3 is 5.32 Å². The van der Waals surface area contributed by atoms with Gasteiger partial charge in [0.05, 0.1) is 0 Å². The third kappa shape index (κ3) is 2.30. The van der Waals surface area contributed by atoms with Crippen molar-refractivity contribution in [1.29, 1.82) is 0 Å². The number of hydrogen-bond donors (Lipinski definition) is 1. The largest absolute Gasteiger partial charge is 0.382 e. The highest BCUT2D eigenvalue weighted by atomic mass is 79.9. The average Bonchev–Trinajstić information content (AvgIpc) is 2.64. The van der Waals surface area contributed by atoms with E-state index in [9.17, 15) is 0 Å². The molecule has 0 atom stereocenters. The summed E-state index contributed by atoms with van der Waals surface area (Å²) in [7, 11) is 0. The minimum Gasteiger partial charge on any atom is -0.382 e. The quantitative estimate of drug-likeness (QED) is 0.837. The Hall–Kier alpha value is -0.500. The summed E-state index contributed by atoms with van der Waals surface area (Å²) in [4.78, 5) is 0. The molecule has 0 radical (unpaired) electrons. The van der Waals surface area contributed by atoms with E-state index in [0.29, 0.717) is 6.04 Å². The van der Waals surface area contributed by atoms with E-state index in [2.05, 4.69) is 46.4 Å². The summed E-state index contributed by atoms with van der Waals surface area (Å²) in [6.07, 6.45) is 5.41. The molecular weight excluding hydrogens is 238 g/mol. The van der Waals surface area contributed by atoms with Gasteiger partial charge in [0, 0.05) is 16.2 Å². The Labute approximate surface area is 94.0 Å². The van der Waals surface area contributed by atoms with Crippen molar-refractivity contribution >= 4 is 21.6 Å². The van der Waals surface area contributed by atoms with E-state index in [-0.39, 0.29) is 0 Å². The van der Waals surface area contributed by atoms with Gasteiger partial charge >= 0.3 is 0 Å². The first-order chi connectivity index (χ1) is 6.75. The summed E-state index contributed by atoms with van der Waals surface area (Å²) in [5.74, 6) is 0. The van der Waals surface area contributed by atoms with Gasteiger partial charge in [-0.2, -0.15) is 0 Å². The highest BCUT2D eigenvalue weighted by Crippen LogP contribution is 2.25. The van der Waals surface area contributed by atoms with Gasteiger partial charge in [-0.3, -0.25) is 0 Å². The second-order valence-electron chi connectivity index (χ2n) is 4.09. The van der Waals surface area contributed by atoms with Crippen molar-refractivity contribution < 1.29 is 0 Å². The van der Waals surface area contributed by atoms with Crippen LogP contribution in [0.5, 0.6) is 0 Å². The Kier molecular flexibility index (Phi) is 3.12. The lowest BCUT2D eigenvalue weighted by atomic mass is 10.2. The van der Waals surface area contributed by atoms with Crippen LogP contribution in [0.3, 0.4) is 0 Å². The van der Waals surface area contributed by atoms with Crippen LogP contribution in [-0.2, 0) is 0 Å². The van der Waals surface area contributed by atoms with Crippen LogP contribution in [0, 0.1) is 6.92 Å². The fourth-order valence-corrected chi connectivity index (χ4v) is 2.37. The van der Waals surface area contributed by atoms with Crippen molar-refractivity contribution in [3.8, 4) is 0 Å². The van der Waals surface area contributed by atoms with Gasteiger partial charge in [-0.15, -0.1) is 0 Å². The van der Waals surface area contributed by atoms with Crippen LogP contribution in [0.4, 0.5) is 5.69 Å². The Balaban J connectivity index is 2.05. The predicted molar refractivity (Wildman–Crippen MR) is 64.8 cm³/mol. The SMILES string of the molecule is Cc1ccc(NC2CCCC2)cc1Br. The summed E-state index contributed by atoms with van der Waals surface area (Å²) in [6, 6.07) is 7.19. The lowest BCUT2D eigenvalue weighted by Crippen LogP contribution is -2.14. The second kappa shape index (κ2) is 4.35. The monoisotopic (exact) mass is 253 g/mol. The van der Waals surface area contributed by atoms with E-state index in [1.807, 2.05) is 0 Å². The zero-order chi connectivity index (χ0) is 9.97. The van der Waals surface area contributed by atoms with Crippen LogP contribution in [0.15, 0.2) is 22.7 Å². The Morgan fingerprint density at radius 3 is 2.64 bits per heavy atom. The molecule has 2 rings (SSSR count). The fourth-order valence-electron chi connectivity index (χ4n) is 1.99. The first-order valence-electron chi connectivity index (χ1n) is 5.28. The highest BCUT2D eigenvalue weighted by molar-refractivity contribution is 9.10. The predicted octanol–water partition coefficient (Wildman–Crippen LogP) is 4.11. The van der Waals surface area contributed by atoms with Gasteiger partial charge in [-0.05, 0) is 37.5 Å². The summed E-state index contributed by atoms with van der Waals surface area (Å²) in [5, 5.41) is 3.58. The zero-order valence-corrected chi connectivity index (χ0v) is 10.1. The molecule has 76 valence electrons. The molecule has 0 unspecified atom stereocenters. The number of rotatable bonds is 2. The molecule has 0 bridgehead atoms. The van der Waals surface area contributed by atoms with Crippen LogP contribution in [0.25, 0.3) is 0 Å². The van der Waals surface area contributed by atoms with Gasteiger partial charge in [0.1, 0.15) is 0 Å². The Morgan fingerprint density at radius 1 is 1.29 bits per heavy atom. The standard InChI is InChI=1S/C12H16BrN/c1-9-6-7-11(8-12(9)13)14-10-4-2-3-5-10/h6-8,10,14H,2-5H2,1H3. The molecule has 14 heavy (non-hydrogen) atoms. The number of hydrogen-bond acceptors (Lipinski definition) is 1. The summed E-state index contributed by atoms with van der Waals surface area (Å²) in [5.41, 5.74) is 2.54. The third-order valence-electron chi connectivity index (χ3n) is 2.90. The number of aryl methyl sites for hydroxylation is 1. The summed E-state index contributed by atoms with van der Waals surface area (Å²) >= 11 is 3.56. The molecule has 1 N–H and O–H groups in total. The lowest BCUT2D eigenvalue weighted by molar-refractivity contribution is 0.755.